The van der Waals surface area contributed by atoms with Crippen LogP contribution in [-0.4, -0.2) is 42.7 Å². The van der Waals surface area contributed by atoms with E-state index in [0.29, 0.717) is 19.1 Å². The molecule has 1 N–H and O–H groups in total. The van der Waals surface area contributed by atoms with E-state index < -0.39 is 6.17 Å². The lowest BCUT2D eigenvalue weighted by Crippen LogP contribution is -2.47. The normalized spacial score (nSPS) is 27.1. The van der Waals surface area contributed by atoms with Gasteiger partial charge in [-0.2, -0.15) is 0 Å². The van der Waals surface area contributed by atoms with Crippen molar-refractivity contribution in [3.05, 3.63) is 0 Å². The molecule has 0 aliphatic carbocycles. The molecule has 0 aromatic carbocycles. The van der Waals surface area contributed by atoms with E-state index in [9.17, 15) is 9.18 Å². The number of amides is 1. The van der Waals surface area contributed by atoms with Crippen LogP contribution < -0.4 is 5.32 Å². The zero-order valence-electron chi connectivity index (χ0n) is 9.79. The zero-order chi connectivity index (χ0) is 11.4. The second-order valence-corrected chi connectivity index (χ2v) is 4.59. The first-order valence-electron chi connectivity index (χ1n) is 5.63. The highest BCUT2D eigenvalue weighted by atomic mass is 19.1. The maximum absolute atomic E-state index is 13.7. The van der Waals surface area contributed by atoms with Crippen LogP contribution in [0.25, 0.3) is 0 Å². The maximum atomic E-state index is 13.7. The van der Waals surface area contributed by atoms with E-state index in [0.717, 1.165) is 6.42 Å². The van der Waals surface area contributed by atoms with Gasteiger partial charge in [-0.3, -0.25) is 4.79 Å². The van der Waals surface area contributed by atoms with E-state index in [1.165, 1.54) is 6.92 Å². The molecular weight excluding hydrogens is 195 g/mol. The Kier molecular flexibility index (Phi) is 4.51. The Balaban J connectivity index is 0.00000225. The minimum absolute atomic E-state index is 0. The summed E-state index contributed by atoms with van der Waals surface area (Å²) >= 11 is 0. The molecule has 1 rings (SSSR count). The highest BCUT2D eigenvalue weighted by Gasteiger charge is 2.29. The van der Waals surface area contributed by atoms with Gasteiger partial charge in [0, 0.05) is 33.4 Å². The van der Waals surface area contributed by atoms with Crippen LogP contribution in [0.4, 0.5) is 4.39 Å². The number of carbonyl (C=O) groups is 1. The van der Waals surface area contributed by atoms with Gasteiger partial charge in [0.15, 0.2) is 0 Å². The molecule has 0 radical (unpaired) electrons. The molecule has 4 heteroatoms. The molecule has 0 saturated carbocycles. The summed E-state index contributed by atoms with van der Waals surface area (Å²) in [4.78, 5) is 12.7. The van der Waals surface area contributed by atoms with Gasteiger partial charge in [0.2, 0.25) is 5.91 Å². The summed E-state index contributed by atoms with van der Waals surface area (Å²) in [6, 6.07) is 0.392. The SMILES string of the molecule is CC(=O)N1CCC(CNC(C)C)C(F)C1.[HH]. The van der Waals surface area contributed by atoms with E-state index in [2.05, 4.69) is 19.2 Å². The van der Waals surface area contributed by atoms with Crippen molar-refractivity contribution in [2.24, 2.45) is 5.92 Å². The first-order chi connectivity index (χ1) is 7.00. The van der Waals surface area contributed by atoms with E-state index in [1.807, 2.05) is 0 Å². The van der Waals surface area contributed by atoms with Crippen LogP contribution in [0.5, 0.6) is 0 Å². The smallest absolute Gasteiger partial charge is 0.219 e. The highest BCUT2D eigenvalue weighted by molar-refractivity contribution is 5.73. The largest absolute Gasteiger partial charge is 0.340 e. The number of piperidine rings is 1. The third kappa shape index (κ3) is 3.78. The van der Waals surface area contributed by atoms with Crippen LogP contribution in [-0.2, 0) is 4.79 Å². The van der Waals surface area contributed by atoms with E-state index in [-0.39, 0.29) is 19.8 Å². The lowest BCUT2D eigenvalue weighted by Gasteiger charge is -2.34. The number of alkyl halides is 1. The highest BCUT2D eigenvalue weighted by Crippen LogP contribution is 2.20. The molecule has 0 aromatic rings. The minimum atomic E-state index is -0.881. The number of nitrogens with one attached hydrogen (secondary N) is 1. The van der Waals surface area contributed by atoms with Gasteiger partial charge in [0.1, 0.15) is 6.17 Å². The van der Waals surface area contributed by atoms with E-state index >= 15 is 0 Å². The Morgan fingerprint density at radius 3 is 2.80 bits per heavy atom. The molecular formula is C11H23FN2O. The van der Waals surface area contributed by atoms with Crippen LogP contribution in [0.2, 0.25) is 0 Å². The monoisotopic (exact) mass is 218 g/mol. The fourth-order valence-corrected chi connectivity index (χ4v) is 1.86. The molecule has 3 nitrogen and oxygen atoms in total. The van der Waals surface area contributed by atoms with Crippen molar-refractivity contribution in [1.82, 2.24) is 10.2 Å². The third-order valence-corrected chi connectivity index (χ3v) is 2.91. The number of halogens is 1. The molecule has 1 heterocycles. The molecule has 1 aliphatic heterocycles. The fraction of sp³-hybridized carbons (Fsp3) is 0.909. The summed E-state index contributed by atoms with van der Waals surface area (Å²) in [5, 5.41) is 3.25. The van der Waals surface area contributed by atoms with Crippen LogP contribution in [0.3, 0.4) is 0 Å². The maximum Gasteiger partial charge on any atom is 0.219 e. The first-order valence-corrected chi connectivity index (χ1v) is 5.63. The predicted molar refractivity (Wildman–Crippen MR) is 60.5 cm³/mol. The van der Waals surface area contributed by atoms with Crippen molar-refractivity contribution in [3.63, 3.8) is 0 Å². The van der Waals surface area contributed by atoms with E-state index in [1.54, 1.807) is 4.90 Å². The quantitative estimate of drug-likeness (QED) is 0.777. The summed E-state index contributed by atoms with van der Waals surface area (Å²) in [7, 11) is 0. The average molecular weight is 218 g/mol. The van der Waals surface area contributed by atoms with Gasteiger partial charge in [0.05, 0.1) is 6.54 Å². The molecule has 0 aromatic heterocycles. The molecule has 1 fully saturated rings. The van der Waals surface area contributed by atoms with Crippen molar-refractivity contribution in [3.8, 4) is 0 Å². The molecule has 1 saturated heterocycles. The second-order valence-electron chi connectivity index (χ2n) is 4.59. The van der Waals surface area contributed by atoms with Gasteiger partial charge < -0.3 is 10.2 Å². The van der Waals surface area contributed by atoms with Gasteiger partial charge in [0.25, 0.3) is 0 Å². The Hall–Kier alpha value is -0.640. The number of carbonyl (C=O) groups excluding carboxylic acids is 1. The molecule has 0 bridgehead atoms. The van der Waals surface area contributed by atoms with Crippen molar-refractivity contribution >= 4 is 5.91 Å². The lowest BCUT2D eigenvalue weighted by atomic mass is 9.94. The van der Waals surface area contributed by atoms with Gasteiger partial charge in [-0.15, -0.1) is 0 Å². The number of hydrogen-bond donors (Lipinski definition) is 1. The topological polar surface area (TPSA) is 32.3 Å². The number of likely N-dealkylation sites (tertiary alicyclic amines) is 1. The number of rotatable bonds is 3. The average Bonchev–Trinajstić information content (AvgIpc) is 2.15. The van der Waals surface area contributed by atoms with Gasteiger partial charge >= 0.3 is 0 Å². The van der Waals surface area contributed by atoms with Crippen LogP contribution in [0.15, 0.2) is 0 Å². The van der Waals surface area contributed by atoms with Crippen LogP contribution >= 0.6 is 0 Å². The summed E-state index contributed by atoms with van der Waals surface area (Å²) in [6.45, 7) is 7.28. The second kappa shape index (κ2) is 5.45. The van der Waals surface area contributed by atoms with E-state index in [4.69, 9.17) is 0 Å². The Labute approximate surface area is 92.5 Å². The van der Waals surface area contributed by atoms with Crippen molar-refractivity contribution < 1.29 is 10.6 Å². The van der Waals surface area contributed by atoms with Crippen molar-refractivity contribution in [2.45, 2.75) is 39.4 Å². The minimum Gasteiger partial charge on any atom is -0.340 e. The van der Waals surface area contributed by atoms with Gasteiger partial charge in [-0.05, 0) is 6.42 Å². The molecule has 2 unspecified atom stereocenters. The molecule has 15 heavy (non-hydrogen) atoms. The summed E-state index contributed by atoms with van der Waals surface area (Å²) in [6.07, 6.45) is -0.116. The first kappa shape index (κ1) is 12.4. The molecule has 1 amide bonds. The van der Waals surface area contributed by atoms with Crippen LogP contribution in [0.1, 0.15) is 28.6 Å². The van der Waals surface area contributed by atoms with Gasteiger partial charge in [-0.25, -0.2) is 4.39 Å². The third-order valence-electron chi connectivity index (χ3n) is 2.91. The predicted octanol–water partition coefficient (Wildman–Crippen LogP) is 1.44. The molecule has 0 spiro atoms. The lowest BCUT2D eigenvalue weighted by molar-refractivity contribution is -0.131. The Morgan fingerprint density at radius 1 is 1.67 bits per heavy atom. The van der Waals surface area contributed by atoms with Crippen molar-refractivity contribution in [2.75, 3.05) is 19.6 Å². The molecule has 90 valence electrons. The van der Waals surface area contributed by atoms with Crippen molar-refractivity contribution in [1.29, 1.82) is 0 Å². The fourth-order valence-electron chi connectivity index (χ4n) is 1.86. The standard InChI is InChI=1S/C11H21FN2O.H2/c1-8(2)13-6-10-4-5-14(9(3)15)7-11(10)12;/h8,10-11,13H,4-7H2,1-3H3;1H. The van der Waals surface area contributed by atoms with Gasteiger partial charge in [-0.1, -0.05) is 13.8 Å². The molecule has 2 atom stereocenters. The van der Waals surface area contributed by atoms with Crippen LogP contribution in [0, 0.1) is 5.92 Å². The Bertz CT molecular complexity index is 226. The summed E-state index contributed by atoms with van der Waals surface area (Å²) in [5.74, 6) is 0.0379. The molecule has 1 aliphatic rings. The summed E-state index contributed by atoms with van der Waals surface area (Å²) < 4.78 is 13.7. The number of nitrogens with zero attached hydrogens (tertiary/aromatic N) is 1. The number of hydrogen-bond acceptors (Lipinski definition) is 2. The Morgan fingerprint density at radius 2 is 2.33 bits per heavy atom. The zero-order valence-corrected chi connectivity index (χ0v) is 9.79. The summed E-state index contributed by atoms with van der Waals surface area (Å²) in [5.41, 5.74) is 0.